The minimum absolute atomic E-state index is 0.142. The monoisotopic (exact) mass is 339 g/mol. The normalized spacial score (nSPS) is 10.8. The second-order valence-electron chi connectivity index (χ2n) is 5.75. The highest BCUT2D eigenvalue weighted by molar-refractivity contribution is 6.09. The topological polar surface area (TPSA) is 93.8 Å². The van der Waals surface area contributed by atoms with E-state index in [-0.39, 0.29) is 17.3 Å². The number of aromatic nitrogens is 3. The van der Waals surface area contributed by atoms with Gasteiger partial charge in [0.25, 0.3) is 5.91 Å². The number of fused-ring (bicyclic) bond motifs is 1. The molecule has 0 radical (unpaired) electrons. The Bertz CT molecular complexity index is 958. The molecule has 0 bridgehead atoms. The van der Waals surface area contributed by atoms with Crippen molar-refractivity contribution in [2.45, 2.75) is 20.3 Å². The molecular formula is C18H18FN5O. The highest BCUT2D eigenvalue weighted by Crippen LogP contribution is 2.35. The van der Waals surface area contributed by atoms with Gasteiger partial charge in [-0.25, -0.2) is 9.37 Å². The van der Waals surface area contributed by atoms with Crippen molar-refractivity contribution in [3.63, 3.8) is 0 Å². The van der Waals surface area contributed by atoms with E-state index in [4.69, 9.17) is 5.73 Å². The molecule has 0 aliphatic heterocycles. The average molecular weight is 339 g/mol. The van der Waals surface area contributed by atoms with E-state index in [9.17, 15) is 9.18 Å². The highest BCUT2D eigenvalue weighted by atomic mass is 19.1. The quantitative estimate of drug-likeness (QED) is 0.762. The number of amides is 1. The third-order valence-corrected chi connectivity index (χ3v) is 4.01. The van der Waals surface area contributed by atoms with Crippen LogP contribution in [0.2, 0.25) is 0 Å². The maximum Gasteiger partial charge on any atom is 0.272 e. The summed E-state index contributed by atoms with van der Waals surface area (Å²) in [5, 5.41) is 11.5. The van der Waals surface area contributed by atoms with Crippen LogP contribution in [0.3, 0.4) is 0 Å². The van der Waals surface area contributed by atoms with Crippen molar-refractivity contribution < 1.29 is 9.18 Å². The van der Waals surface area contributed by atoms with Gasteiger partial charge in [0.05, 0.1) is 18.1 Å². The number of carbonyl (C=O) groups excluding carboxylic acids is 1. The predicted octanol–water partition coefficient (Wildman–Crippen LogP) is 2.86. The van der Waals surface area contributed by atoms with Crippen LogP contribution in [0.4, 0.5) is 10.1 Å². The van der Waals surface area contributed by atoms with Crippen LogP contribution in [0.1, 0.15) is 29.4 Å². The molecule has 0 saturated heterocycles. The number of hydrogen-bond donors (Lipinski definition) is 2. The third-order valence-electron chi connectivity index (χ3n) is 4.01. The fraction of sp³-hybridized carbons (Fsp3) is 0.222. The molecule has 25 heavy (non-hydrogen) atoms. The summed E-state index contributed by atoms with van der Waals surface area (Å²) in [5.74, 6) is -0.748. The SMILES string of the molecule is CCCNC(=O)c1ncc2c(-c3cnncc3C)c(F)ccc2c1N. The number of nitrogens with one attached hydrogen (secondary N) is 1. The number of rotatable bonds is 4. The van der Waals surface area contributed by atoms with Crippen molar-refractivity contribution in [1.29, 1.82) is 0 Å². The second-order valence-corrected chi connectivity index (χ2v) is 5.75. The fourth-order valence-corrected chi connectivity index (χ4v) is 2.71. The van der Waals surface area contributed by atoms with E-state index < -0.39 is 5.82 Å². The van der Waals surface area contributed by atoms with Crippen molar-refractivity contribution in [2.75, 3.05) is 12.3 Å². The van der Waals surface area contributed by atoms with E-state index in [1.165, 1.54) is 18.5 Å². The average Bonchev–Trinajstić information content (AvgIpc) is 2.61. The molecule has 0 unspecified atom stereocenters. The van der Waals surface area contributed by atoms with E-state index >= 15 is 0 Å². The maximum absolute atomic E-state index is 14.5. The molecule has 3 rings (SSSR count). The predicted molar refractivity (Wildman–Crippen MR) is 94.5 cm³/mol. The summed E-state index contributed by atoms with van der Waals surface area (Å²) in [5.41, 5.74) is 8.27. The van der Waals surface area contributed by atoms with E-state index in [1.807, 2.05) is 13.8 Å². The van der Waals surface area contributed by atoms with Gasteiger partial charge in [-0.05, 0) is 31.0 Å². The first-order valence-electron chi connectivity index (χ1n) is 7.97. The lowest BCUT2D eigenvalue weighted by atomic mass is 9.96. The number of anilines is 1. The Morgan fingerprint density at radius 3 is 2.68 bits per heavy atom. The number of nitrogens with zero attached hydrogens (tertiary/aromatic N) is 3. The molecule has 0 spiro atoms. The molecule has 0 saturated carbocycles. The number of aryl methyl sites for hydroxylation is 1. The van der Waals surface area contributed by atoms with Crippen LogP contribution >= 0.6 is 0 Å². The van der Waals surface area contributed by atoms with Gasteiger partial charge < -0.3 is 11.1 Å². The number of benzene rings is 1. The van der Waals surface area contributed by atoms with Crippen molar-refractivity contribution >= 4 is 22.4 Å². The van der Waals surface area contributed by atoms with Gasteiger partial charge in [-0.1, -0.05) is 6.92 Å². The molecular weight excluding hydrogens is 321 g/mol. The summed E-state index contributed by atoms with van der Waals surface area (Å²) in [6, 6.07) is 2.90. The zero-order chi connectivity index (χ0) is 18.0. The van der Waals surface area contributed by atoms with E-state index in [2.05, 4.69) is 20.5 Å². The van der Waals surface area contributed by atoms with Crippen LogP contribution in [0.25, 0.3) is 21.9 Å². The zero-order valence-electron chi connectivity index (χ0n) is 14.0. The number of carbonyl (C=O) groups is 1. The first kappa shape index (κ1) is 16.8. The molecule has 2 aromatic heterocycles. The minimum atomic E-state index is -0.409. The summed E-state index contributed by atoms with van der Waals surface area (Å²) in [6.45, 7) is 4.32. The molecule has 0 aliphatic rings. The molecule has 0 atom stereocenters. The summed E-state index contributed by atoms with van der Waals surface area (Å²) in [7, 11) is 0. The molecule has 0 aliphatic carbocycles. The third kappa shape index (κ3) is 3.00. The Kier molecular flexibility index (Phi) is 4.56. The summed E-state index contributed by atoms with van der Waals surface area (Å²) >= 11 is 0. The lowest BCUT2D eigenvalue weighted by Gasteiger charge is -2.13. The molecule has 1 amide bonds. The van der Waals surface area contributed by atoms with Crippen molar-refractivity contribution in [2.24, 2.45) is 0 Å². The Morgan fingerprint density at radius 2 is 1.96 bits per heavy atom. The molecule has 3 aromatic rings. The second kappa shape index (κ2) is 6.80. The Hall–Kier alpha value is -3.09. The summed E-state index contributed by atoms with van der Waals surface area (Å²) in [6.07, 6.45) is 5.36. The van der Waals surface area contributed by atoms with Crippen LogP contribution in [-0.4, -0.2) is 27.6 Å². The molecule has 7 heteroatoms. The molecule has 2 heterocycles. The van der Waals surface area contributed by atoms with Gasteiger partial charge in [0.2, 0.25) is 0 Å². The Morgan fingerprint density at radius 1 is 1.20 bits per heavy atom. The first-order chi connectivity index (χ1) is 12.0. The van der Waals surface area contributed by atoms with Crippen LogP contribution in [-0.2, 0) is 0 Å². The van der Waals surface area contributed by atoms with Crippen LogP contribution in [0.15, 0.2) is 30.7 Å². The summed E-state index contributed by atoms with van der Waals surface area (Å²) < 4.78 is 14.5. The number of halogens is 1. The largest absolute Gasteiger partial charge is 0.396 e. The van der Waals surface area contributed by atoms with Gasteiger partial charge in [-0.15, -0.1) is 0 Å². The van der Waals surface area contributed by atoms with Crippen LogP contribution in [0.5, 0.6) is 0 Å². The molecule has 128 valence electrons. The van der Waals surface area contributed by atoms with Gasteiger partial charge in [-0.2, -0.15) is 10.2 Å². The molecule has 3 N–H and O–H groups in total. The first-order valence-corrected chi connectivity index (χ1v) is 7.97. The van der Waals surface area contributed by atoms with Crippen molar-refractivity contribution in [3.8, 4) is 11.1 Å². The lowest BCUT2D eigenvalue weighted by molar-refractivity contribution is 0.0950. The van der Waals surface area contributed by atoms with Gasteiger partial charge in [0, 0.05) is 34.6 Å². The molecule has 1 aromatic carbocycles. The van der Waals surface area contributed by atoms with Gasteiger partial charge in [0.15, 0.2) is 5.69 Å². The van der Waals surface area contributed by atoms with Gasteiger partial charge >= 0.3 is 0 Å². The standard InChI is InChI=1S/C18H18FN5O/c1-3-6-21-18(25)17-16(20)11-4-5-14(19)15(13(11)8-22-17)12-9-24-23-7-10(12)2/h4-5,7-9H,3,6,20H2,1-2H3,(H,21,25). The number of pyridine rings is 1. The van der Waals surface area contributed by atoms with Crippen LogP contribution in [0, 0.1) is 12.7 Å². The van der Waals surface area contributed by atoms with Gasteiger partial charge in [0.1, 0.15) is 5.82 Å². The summed E-state index contributed by atoms with van der Waals surface area (Å²) in [4.78, 5) is 16.4. The number of nitrogen functional groups attached to an aromatic ring is 1. The lowest BCUT2D eigenvalue weighted by Crippen LogP contribution is -2.26. The minimum Gasteiger partial charge on any atom is -0.396 e. The Balaban J connectivity index is 2.21. The maximum atomic E-state index is 14.5. The van der Waals surface area contributed by atoms with E-state index in [1.54, 1.807) is 12.3 Å². The van der Waals surface area contributed by atoms with Crippen LogP contribution < -0.4 is 11.1 Å². The fourth-order valence-electron chi connectivity index (χ4n) is 2.71. The Labute approximate surface area is 144 Å². The molecule has 6 nitrogen and oxygen atoms in total. The smallest absolute Gasteiger partial charge is 0.272 e. The molecule has 0 fully saturated rings. The highest BCUT2D eigenvalue weighted by Gasteiger charge is 2.18. The van der Waals surface area contributed by atoms with Crippen molar-refractivity contribution in [1.82, 2.24) is 20.5 Å². The number of nitrogens with two attached hydrogens (primary N) is 1. The van der Waals surface area contributed by atoms with E-state index in [0.717, 1.165) is 12.0 Å². The number of hydrogen-bond acceptors (Lipinski definition) is 5. The zero-order valence-corrected chi connectivity index (χ0v) is 14.0. The van der Waals surface area contributed by atoms with Crippen molar-refractivity contribution in [3.05, 3.63) is 47.8 Å². The van der Waals surface area contributed by atoms with Gasteiger partial charge in [-0.3, -0.25) is 4.79 Å². The van der Waals surface area contributed by atoms with E-state index in [0.29, 0.717) is 28.4 Å².